The average molecular weight is 504 g/mol. The minimum Gasteiger partial charge on any atom is -0.492 e. The van der Waals surface area contributed by atoms with E-state index in [-0.39, 0.29) is 11.8 Å². The van der Waals surface area contributed by atoms with Crippen LogP contribution < -0.4 is 15.2 Å². The molecular weight excluding hydrogens is 470 g/mol. The molecule has 2 unspecified atom stereocenters. The van der Waals surface area contributed by atoms with Gasteiger partial charge in [0.25, 0.3) is 5.91 Å². The van der Waals surface area contributed by atoms with Crippen molar-refractivity contribution in [2.75, 3.05) is 24.4 Å². The topological polar surface area (TPSA) is 92.8 Å². The zero-order chi connectivity index (χ0) is 25.5. The molecule has 2 aliphatic rings. The molecule has 5 rings (SSSR count). The monoisotopic (exact) mass is 503 g/mol. The summed E-state index contributed by atoms with van der Waals surface area (Å²) in [6.45, 7) is 5.93. The van der Waals surface area contributed by atoms with Crippen LogP contribution >= 0.6 is 10.9 Å². The number of nitrogens with two attached hydrogens (primary N) is 1. The number of carbonyl (C=O) groups excluding carboxylic acids is 1. The molecule has 1 fully saturated rings. The molecule has 188 valence electrons. The van der Waals surface area contributed by atoms with Crippen molar-refractivity contribution in [3.63, 3.8) is 0 Å². The first-order chi connectivity index (χ1) is 17.6. The fourth-order valence-electron chi connectivity index (χ4n) is 4.47. The second kappa shape index (κ2) is 11.9. The van der Waals surface area contributed by atoms with Crippen molar-refractivity contribution in [1.82, 2.24) is 9.88 Å². The zero-order valence-corrected chi connectivity index (χ0v) is 21.6. The van der Waals surface area contributed by atoms with Gasteiger partial charge in [-0.3, -0.25) is 9.78 Å². The quantitative estimate of drug-likeness (QED) is 0.457. The van der Waals surface area contributed by atoms with Gasteiger partial charge < -0.3 is 20.1 Å². The SMILES string of the molecule is C=S1N=C(N)c2c(cccc2OCC2CCCN(C(=O)c3cccc(-c4ccncc4)c3)C2)N1.CC. The minimum absolute atomic E-state index is 0.0563. The number of pyridine rings is 1. The molecule has 8 heteroatoms. The minimum atomic E-state index is -0.580. The van der Waals surface area contributed by atoms with E-state index in [9.17, 15) is 4.79 Å². The van der Waals surface area contributed by atoms with Gasteiger partial charge in [0.1, 0.15) is 11.6 Å². The first-order valence-corrected chi connectivity index (χ1v) is 13.6. The van der Waals surface area contributed by atoms with E-state index < -0.39 is 10.9 Å². The Labute approximate surface area is 215 Å². The lowest BCUT2D eigenvalue weighted by Gasteiger charge is -2.33. The predicted octanol–water partition coefficient (Wildman–Crippen LogP) is 5.37. The summed E-state index contributed by atoms with van der Waals surface area (Å²) in [5.41, 5.74) is 10.6. The Balaban J connectivity index is 0.00000148. The van der Waals surface area contributed by atoms with Crippen molar-refractivity contribution in [2.45, 2.75) is 26.7 Å². The molecule has 3 N–H and O–H groups in total. The van der Waals surface area contributed by atoms with E-state index in [1.165, 1.54) is 0 Å². The maximum absolute atomic E-state index is 13.3. The van der Waals surface area contributed by atoms with E-state index in [0.717, 1.165) is 41.8 Å². The van der Waals surface area contributed by atoms with Crippen LogP contribution in [0.5, 0.6) is 5.75 Å². The molecule has 0 aliphatic carbocycles. The number of carbonyl (C=O) groups is 1. The Hall–Kier alpha value is -3.65. The van der Waals surface area contributed by atoms with Crippen LogP contribution in [0.2, 0.25) is 0 Å². The summed E-state index contributed by atoms with van der Waals surface area (Å²) in [4.78, 5) is 19.3. The predicted molar refractivity (Wildman–Crippen MR) is 151 cm³/mol. The van der Waals surface area contributed by atoms with E-state index in [1.54, 1.807) is 12.4 Å². The van der Waals surface area contributed by atoms with Crippen LogP contribution in [0, 0.1) is 5.92 Å². The van der Waals surface area contributed by atoms with Gasteiger partial charge in [-0.1, -0.05) is 32.0 Å². The van der Waals surface area contributed by atoms with Crippen LogP contribution in [0.15, 0.2) is 71.4 Å². The maximum Gasteiger partial charge on any atom is 0.253 e. The number of amidine groups is 1. The van der Waals surface area contributed by atoms with Gasteiger partial charge in [-0.25, -0.2) is 0 Å². The van der Waals surface area contributed by atoms with Gasteiger partial charge in [0.15, 0.2) is 0 Å². The van der Waals surface area contributed by atoms with Gasteiger partial charge in [-0.2, -0.15) is 4.40 Å². The number of anilines is 1. The molecule has 1 amide bonds. The largest absolute Gasteiger partial charge is 0.492 e. The number of amides is 1. The Morgan fingerprint density at radius 1 is 1.17 bits per heavy atom. The van der Waals surface area contributed by atoms with Crippen LogP contribution in [0.3, 0.4) is 0 Å². The van der Waals surface area contributed by atoms with E-state index >= 15 is 0 Å². The number of hydrogen-bond donors (Lipinski definition) is 2. The first-order valence-electron chi connectivity index (χ1n) is 12.3. The molecule has 0 radical (unpaired) electrons. The number of aromatic nitrogens is 1. The number of fused-ring (bicyclic) bond motifs is 1. The molecule has 0 bridgehead atoms. The molecule has 0 saturated carbocycles. The second-order valence-electron chi connectivity index (χ2n) is 8.51. The summed E-state index contributed by atoms with van der Waals surface area (Å²) in [7, 11) is -0.580. The summed E-state index contributed by atoms with van der Waals surface area (Å²) >= 11 is 0. The van der Waals surface area contributed by atoms with Crippen molar-refractivity contribution >= 4 is 34.2 Å². The number of likely N-dealkylation sites (tertiary alicyclic amines) is 1. The highest BCUT2D eigenvalue weighted by Gasteiger charge is 2.26. The van der Waals surface area contributed by atoms with Crippen LogP contribution in [-0.4, -0.2) is 47.2 Å². The van der Waals surface area contributed by atoms with Crippen LogP contribution in [0.1, 0.15) is 42.6 Å². The Kier molecular flexibility index (Phi) is 8.38. The molecule has 3 heterocycles. The molecule has 0 spiro atoms. The van der Waals surface area contributed by atoms with Crippen LogP contribution in [-0.2, 0) is 0 Å². The molecule has 36 heavy (non-hydrogen) atoms. The molecule has 2 atom stereocenters. The van der Waals surface area contributed by atoms with Crippen molar-refractivity contribution in [1.29, 1.82) is 0 Å². The second-order valence-corrected chi connectivity index (χ2v) is 9.63. The van der Waals surface area contributed by atoms with Crippen molar-refractivity contribution in [3.8, 4) is 16.9 Å². The van der Waals surface area contributed by atoms with Gasteiger partial charge in [0, 0.05) is 47.8 Å². The third-order valence-electron chi connectivity index (χ3n) is 6.12. The maximum atomic E-state index is 13.3. The number of nitrogens with zero attached hydrogens (tertiary/aromatic N) is 3. The van der Waals surface area contributed by atoms with Gasteiger partial charge in [0.2, 0.25) is 0 Å². The molecule has 1 aromatic heterocycles. The average Bonchev–Trinajstić information content (AvgIpc) is 2.93. The van der Waals surface area contributed by atoms with Crippen LogP contribution in [0.25, 0.3) is 11.1 Å². The van der Waals surface area contributed by atoms with Crippen LogP contribution in [0.4, 0.5) is 5.69 Å². The van der Waals surface area contributed by atoms with Crippen molar-refractivity contribution in [3.05, 3.63) is 78.1 Å². The van der Waals surface area contributed by atoms with E-state index in [4.69, 9.17) is 10.5 Å². The lowest BCUT2D eigenvalue weighted by Crippen LogP contribution is -2.41. The van der Waals surface area contributed by atoms with E-state index in [2.05, 4.69) is 20.0 Å². The van der Waals surface area contributed by atoms with Crippen molar-refractivity contribution < 1.29 is 9.53 Å². The lowest BCUT2D eigenvalue weighted by molar-refractivity contribution is 0.0633. The highest BCUT2D eigenvalue weighted by atomic mass is 32.2. The standard InChI is InChI=1S/C26H27N5O2S.C2H6/c1-34-29-22-8-3-9-23(24(22)25(27)30-34)33-17-18-5-4-14-31(16-18)26(32)21-7-2-6-20(15-21)19-10-12-28-13-11-19;1-2/h2-3,6-13,15,18,29H,1,4-5,14,16-17H2,(H2,27,30);1-2H3. The number of hydrogen-bond acceptors (Lipinski definition) is 6. The van der Waals surface area contributed by atoms with Gasteiger partial charge in [-0.15, -0.1) is 0 Å². The number of piperidine rings is 1. The fourth-order valence-corrected chi connectivity index (χ4v) is 5.27. The Morgan fingerprint density at radius 3 is 2.75 bits per heavy atom. The van der Waals surface area contributed by atoms with Gasteiger partial charge in [-0.05, 0) is 66.2 Å². The third-order valence-corrected chi connectivity index (χ3v) is 7.00. The molecular formula is C28H33N5O2S. The Morgan fingerprint density at radius 2 is 1.94 bits per heavy atom. The van der Waals surface area contributed by atoms with Gasteiger partial charge >= 0.3 is 0 Å². The molecule has 2 aliphatic heterocycles. The van der Waals surface area contributed by atoms with E-state index in [0.29, 0.717) is 30.3 Å². The number of nitrogens with one attached hydrogen (secondary N) is 1. The third kappa shape index (κ3) is 5.76. The smallest absolute Gasteiger partial charge is 0.253 e. The van der Waals surface area contributed by atoms with E-state index in [1.807, 2.05) is 73.3 Å². The molecule has 2 aromatic carbocycles. The lowest BCUT2D eigenvalue weighted by atomic mass is 9.97. The zero-order valence-electron chi connectivity index (χ0n) is 20.8. The fraction of sp³-hybridized carbons (Fsp3) is 0.286. The molecule has 1 saturated heterocycles. The highest BCUT2D eigenvalue weighted by Crippen LogP contribution is 2.34. The summed E-state index contributed by atoms with van der Waals surface area (Å²) in [5, 5.41) is 0. The highest BCUT2D eigenvalue weighted by molar-refractivity contribution is 8.14. The van der Waals surface area contributed by atoms with Crippen molar-refractivity contribution in [2.24, 2.45) is 16.0 Å². The van der Waals surface area contributed by atoms with Gasteiger partial charge in [0.05, 0.1) is 17.9 Å². The summed E-state index contributed by atoms with van der Waals surface area (Å²) in [5.74, 6) is 5.38. The summed E-state index contributed by atoms with van der Waals surface area (Å²) in [6, 6.07) is 17.5. The number of benzene rings is 2. The summed E-state index contributed by atoms with van der Waals surface area (Å²) in [6.07, 6.45) is 5.48. The first kappa shape index (κ1) is 25.4. The number of rotatable bonds is 5. The Bertz CT molecular complexity index is 1260. The molecule has 7 nitrogen and oxygen atoms in total. The summed E-state index contributed by atoms with van der Waals surface area (Å²) < 4.78 is 13.8. The number of ether oxygens (including phenoxy) is 1. The molecule has 3 aromatic rings. The normalized spacial score (nSPS) is 18.6.